The molecule has 0 N–H and O–H groups in total. The van der Waals surface area contributed by atoms with E-state index in [2.05, 4.69) is 9.80 Å². The number of nitrogens with zero attached hydrogens (tertiary/aromatic N) is 2. The average Bonchev–Trinajstić information content (AvgIpc) is 3.23. The van der Waals surface area contributed by atoms with E-state index in [1.165, 1.54) is 19.3 Å². The van der Waals surface area contributed by atoms with Gasteiger partial charge in [-0.2, -0.15) is 0 Å². The smallest absolute Gasteiger partial charge is 0.253 e. The summed E-state index contributed by atoms with van der Waals surface area (Å²) in [7, 11) is 0. The number of fused-ring (bicyclic) bond motifs is 1. The first-order chi connectivity index (χ1) is 11.7. The molecule has 3 atom stereocenters. The number of ether oxygens (including phenoxy) is 1. The van der Waals surface area contributed by atoms with Crippen molar-refractivity contribution in [3.63, 3.8) is 0 Å². The summed E-state index contributed by atoms with van der Waals surface area (Å²) in [6, 6.07) is 7.98. The van der Waals surface area contributed by atoms with Gasteiger partial charge in [0, 0.05) is 38.3 Å². The quantitative estimate of drug-likeness (QED) is 0.855. The summed E-state index contributed by atoms with van der Waals surface area (Å²) in [5.41, 5.74) is 1.99. The van der Waals surface area contributed by atoms with Gasteiger partial charge >= 0.3 is 0 Å². The lowest BCUT2D eigenvalue weighted by atomic mass is 9.88. The maximum Gasteiger partial charge on any atom is 0.253 e. The molecule has 0 unspecified atom stereocenters. The summed E-state index contributed by atoms with van der Waals surface area (Å²) < 4.78 is 5.79. The molecule has 0 aromatic heterocycles. The molecule has 0 aliphatic carbocycles. The number of carbonyl (C=O) groups is 1. The SMILES string of the molecule is Cc1cccc(C(=O)N2C[C@H]3CN(C[C@H]4CCCO4)CC[C@H]3C2)c1. The Bertz CT molecular complexity index is 597. The van der Waals surface area contributed by atoms with Crippen molar-refractivity contribution < 1.29 is 9.53 Å². The van der Waals surface area contributed by atoms with Crippen molar-refractivity contribution >= 4 is 5.91 Å². The molecule has 1 aromatic carbocycles. The van der Waals surface area contributed by atoms with Crippen LogP contribution in [0.5, 0.6) is 0 Å². The second kappa shape index (κ2) is 6.85. The van der Waals surface area contributed by atoms with Crippen LogP contribution in [0.3, 0.4) is 0 Å². The van der Waals surface area contributed by atoms with E-state index in [9.17, 15) is 4.79 Å². The summed E-state index contributed by atoms with van der Waals surface area (Å²) in [5, 5.41) is 0. The van der Waals surface area contributed by atoms with Gasteiger partial charge < -0.3 is 14.5 Å². The van der Waals surface area contributed by atoms with Gasteiger partial charge in [0.05, 0.1) is 6.10 Å². The molecular weight excluding hydrogens is 300 g/mol. The monoisotopic (exact) mass is 328 g/mol. The molecule has 1 aromatic rings. The molecule has 1 amide bonds. The Labute approximate surface area is 144 Å². The van der Waals surface area contributed by atoms with Gasteiger partial charge in [0.2, 0.25) is 0 Å². The fourth-order valence-electron chi connectivity index (χ4n) is 4.61. The van der Waals surface area contributed by atoms with Crippen LogP contribution >= 0.6 is 0 Å². The van der Waals surface area contributed by atoms with Crippen LogP contribution in [-0.2, 0) is 4.74 Å². The van der Waals surface area contributed by atoms with Gasteiger partial charge in [-0.1, -0.05) is 17.7 Å². The van der Waals surface area contributed by atoms with Gasteiger partial charge in [0.25, 0.3) is 5.91 Å². The summed E-state index contributed by atoms with van der Waals surface area (Å²) in [4.78, 5) is 17.4. The third-order valence-electron chi connectivity index (χ3n) is 5.92. The molecule has 0 saturated carbocycles. The van der Waals surface area contributed by atoms with Gasteiger partial charge in [-0.15, -0.1) is 0 Å². The molecule has 3 fully saturated rings. The first-order valence-electron chi connectivity index (χ1n) is 9.39. The highest BCUT2D eigenvalue weighted by atomic mass is 16.5. The Balaban J connectivity index is 1.36. The highest BCUT2D eigenvalue weighted by Crippen LogP contribution is 2.32. The molecule has 3 aliphatic heterocycles. The lowest BCUT2D eigenvalue weighted by Gasteiger charge is -2.35. The van der Waals surface area contributed by atoms with Crippen molar-refractivity contribution in [1.29, 1.82) is 0 Å². The minimum atomic E-state index is 0.207. The van der Waals surface area contributed by atoms with E-state index in [-0.39, 0.29) is 5.91 Å². The van der Waals surface area contributed by atoms with Crippen LogP contribution < -0.4 is 0 Å². The predicted molar refractivity (Wildman–Crippen MR) is 94.1 cm³/mol. The van der Waals surface area contributed by atoms with Gasteiger partial charge in [0.15, 0.2) is 0 Å². The topological polar surface area (TPSA) is 32.8 Å². The highest BCUT2D eigenvalue weighted by molar-refractivity contribution is 5.94. The normalized spacial score (nSPS) is 30.5. The lowest BCUT2D eigenvalue weighted by Crippen LogP contribution is -2.43. The summed E-state index contributed by atoms with van der Waals surface area (Å²) in [5.74, 6) is 1.52. The number of piperidine rings is 1. The van der Waals surface area contributed by atoms with Crippen LogP contribution in [0.1, 0.15) is 35.2 Å². The van der Waals surface area contributed by atoms with Crippen molar-refractivity contribution in [2.45, 2.75) is 32.3 Å². The first-order valence-corrected chi connectivity index (χ1v) is 9.39. The molecule has 24 heavy (non-hydrogen) atoms. The zero-order chi connectivity index (χ0) is 16.5. The number of likely N-dealkylation sites (tertiary alicyclic amines) is 2. The molecule has 0 bridgehead atoms. The van der Waals surface area contributed by atoms with Gasteiger partial charge in [-0.05, 0) is 56.7 Å². The molecule has 0 spiro atoms. The standard InChI is InChI=1S/C20H28N2O2/c1-15-4-2-5-16(10-15)20(23)22-12-17-7-8-21(11-18(17)13-22)14-19-6-3-9-24-19/h2,4-5,10,17-19H,3,6-9,11-14H2,1H3/t17-,18+,19+/m0/s1. The Morgan fingerprint density at radius 1 is 1.21 bits per heavy atom. The van der Waals surface area contributed by atoms with Gasteiger partial charge in [-0.25, -0.2) is 0 Å². The van der Waals surface area contributed by atoms with E-state index >= 15 is 0 Å². The average molecular weight is 328 g/mol. The van der Waals surface area contributed by atoms with Crippen molar-refractivity contribution in [3.8, 4) is 0 Å². The summed E-state index contributed by atoms with van der Waals surface area (Å²) in [6.45, 7) is 8.20. The molecular formula is C20H28N2O2. The fraction of sp³-hybridized carbons (Fsp3) is 0.650. The van der Waals surface area contributed by atoms with E-state index < -0.39 is 0 Å². The van der Waals surface area contributed by atoms with Crippen LogP contribution in [0.25, 0.3) is 0 Å². The minimum absolute atomic E-state index is 0.207. The Morgan fingerprint density at radius 2 is 2.08 bits per heavy atom. The molecule has 3 saturated heterocycles. The lowest BCUT2D eigenvalue weighted by molar-refractivity contribution is 0.0506. The Kier molecular flexibility index (Phi) is 4.59. The van der Waals surface area contributed by atoms with Crippen molar-refractivity contribution in [2.24, 2.45) is 11.8 Å². The van der Waals surface area contributed by atoms with Gasteiger partial charge in [0.1, 0.15) is 0 Å². The van der Waals surface area contributed by atoms with Crippen LogP contribution in [0.4, 0.5) is 0 Å². The Morgan fingerprint density at radius 3 is 2.88 bits per heavy atom. The summed E-state index contributed by atoms with van der Waals surface area (Å²) >= 11 is 0. The minimum Gasteiger partial charge on any atom is -0.377 e. The highest BCUT2D eigenvalue weighted by Gasteiger charge is 2.39. The number of benzene rings is 1. The van der Waals surface area contributed by atoms with E-state index in [1.807, 2.05) is 31.2 Å². The fourth-order valence-corrected chi connectivity index (χ4v) is 4.61. The van der Waals surface area contributed by atoms with Gasteiger partial charge in [-0.3, -0.25) is 4.79 Å². The zero-order valence-electron chi connectivity index (χ0n) is 14.6. The molecule has 4 rings (SSSR count). The van der Waals surface area contributed by atoms with Crippen molar-refractivity contribution in [2.75, 3.05) is 39.3 Å². The molecule has 4 nitrogen and oxygen atoms in total. The second-order valence-corrected chi connectivity index (χ2v) is 7.78. The van der Waals surface area contributed by atoms with Crippen LogP contribution in [-0.4, -0.2) is 61.1 Å². The predicted octanol–water partition coefficient (Wildman–Crippen LogP) is 2.57. The second-order valence-electron chi connectivity index (χ2n) is 7.78. The number of hydrogen-bond donors (Lipinski definition) is 0. The number of amides is 1. The largest absolute Gasteiger partial charge is 0.377 e. The number of aryl methyl sites for hydroxylation is 1. The zero-order valence-corrected chi connectivity index (χ0v) is 14.6. The molecule has 130 valence electrons. The number of carbonyl (C=O) groups excluding carboxylic acids is 1. The number of rotatable bonds is 3. The molecule has 3 aliphatic rings. The van der Waals surface area contributed by atoms with E-state index in [0.29, 0.717) is 17.9 Å². The van der Waals surface area contributed by atoms with E-state index in [4.69, 9.17) is 4.74 Å². The maximum absolute atomic E-state index is 12.8. The number of hydrogen-bond acceptors (Lipinski definition) is 3. The van der Waals surface area contributed by atoms with E-state index in [1.54, 1.807) is 0 Å². The molecule has 0 radical (unpaired) electrons. The van der Waals surface area contributed by atoms with Crippen LogP contribution in [0, 0.1) is 18.8 Å². The molecule has 3 heterocycles. The maximum atomic E-state index is 12.8. The molecule has 4 heteroatoms. The van der Waals surface area contributed by atoms with Crippen molar-refractivity contribution in [3.05, 3.63) is 35.4 Å². The third-order valence-corrected chi connectivity index (χ3v) is 5.92. The third kappa shape index (κ3) is 3.35. The van der Waals surface area contributed by atoms with Crippen LogP contribution in [0.2, 0.25) is 0 Å². The Hall–Kier alpha value is -1.39. The summed E-state index contributed by atoms with van der Waals surface area (Å²) in [6.07, 6.45) is 4.08. The van der Waals surface area contributed by atoms with E-state index in [0.717, 1.165) is 50.5 Å². The van der Waals surface area contributed by atoms with Crippen LogP contribution in [0.15, 0.2) is 24.3 Å². The first kappa shape index (κ1) is 16.1. The van der Waals surface area contributed by atoms with Crippen molar-refractivity contribution in [1.82, 2.24) is 9.80 Å².